The molecular weight excluding hydrogens is 769 g/mol. The fourth-order valence-electron chi connectivity index (χ4n) is 11.3. The predicted molar refractivity (Wildman–Crippen MR) is 234 cm³/mol. The van der Waals surface area contributed by atoms with Crippen LogP contribution in [0, 0.1) is 0 Å². The molecule has 298 valence electrons. The number of hydrogen-bond donors (Lipinski definition) is 3. The lowest BCUT2D eigenvalue weighted by Crippen LogP contribution is -2.24. The van der Waals surface area contributed by atoms with Crippen molar-refractivity contribution in [3.63, 3.8) is 0 Å². The average molecular weight is 805 g/mol. The minimum atomic E-state index is -0.503. The predicted octanol–water partition coefficient (Wildman–Crippen LogP) is 7.44. The lowest BCUT2D eigenvalue weighted by atomic mass is 9.96. The van der Waals surface area contributed by atoms with E-state index in [1.165, 1.54) is 4.90 Å². The van der Waals surface area contributed by atoms with Crippen LogP contribution in [0.25, 0.3) is 87.2 Å². The Morgan fingerprint density at radius 1 is 0.459 bits per heavy atom. The highest BCUT2D eigenvalue weighted by Gasteiger charge is 2.41. The summed E-state index contributed by atoms with van der Waals surface area (Å²) in [6.45, 7) is 2.21. The van der Waals surface area contributed by atoms with Crippen LogP contribution in [-0.2, 0) is 26.2 Å². The second-order valence-corrected chi connectivity index (χ2v) is 16.8. The Morgan fingerprint density at radius 2 is 0.770 bits per heavy atom. The number of nitrogens with one attached hydrogen (secondary N) is 1. The van der Waals surface area contributed by atoms with Crippen LogP contribution in [0.2, 0.25) is 0 Å². The fraction of sp³-hybridized carbons (Fsp3) is 0.184. The first-order valence-electron chi connectivity index (χ1n) is 20.7. The van der Waals surface area contributed by atoms with Crippen LogP contribution < -0.4 is 5.32 Å². The van der Waals surface area contributed by atoms with E-state index in [0.29, 0.717) is 61.3 Å². The van der Waals surface area contributed by atoms with Crippen molar-refractivity contribution >= 4 is 111 Å². The van der Waals surface area contributed by atoms with Crippen LogP contribution in [0.5, 0.6) is 0 Å². The van der Waals surface area contributed by atoms with E-state index in [2.05, 4.69) is 29.7 Å². The van der Waals surface area contributed by atoms with E-state index in [9.17, 15) is 29.4 Å². The molecule has 61 heavy (non-hydrogen) atoms. The van der Waals surface area contributed by atoms with Crippen molar-refractivity contribution in [2.45, 2.75) is 51.2 Å². The monoisotopic (exact) mass is 804 g/mol. The van der Waals surface area contributed by atoms with Gasteiger partial charge in [-0.15, -0.1) is 0 Å². The van der Waals surface area contributed by atoms with Gasteiger partial charge in [-0.05, 0) is 37.1 Å². The molecule has 2 atom stereocenters. The summed E-state index contributed by atoms with van der Waals surface area (Å²) in [4.78, 5) is 53.8. The number of nitrogens with zero attached hydrogens (tertiary/aromatic N) is 5. The highest BCUT2D eigenvalue weighted by atomic mass is 16.3. The first-order chi connectivity index (χ1) is 29.7. The average Bonchev–Trinajstić information content (AvgIpc) is 4.06. The molecule has 12 heteroatoms. The van der Waals surface area contributed by atoms with Crippen molar-refractivity contribution in [3.05, 3.63) is 119 Å². The largest absolute Gasteiger partial charge is 0.391 e. The maximum atomic E-state index is 13.3. The molecule has 0 radical (unpaired) electrons. The number of carbonyl (C=O) groups excluding carboxylic acids is 4. The first-order valence-corrected chi connectivity index (χ1v) is 20.7. The molecule has 3 N–H and O–H groups in total. The zero-order valence-electron chi connectivity index (χ0n) is 32.9. The van der Waals surface area contributed by atoms with Crippen molar-refractivity contribution in [3.8, 4) is 0 Å². The van der Waals surface area contributed by atoms with Gasteiger partial charge in [-0.25, -0.2) is 0 Å². The number of carbonyl (C=O) groups is 4. The van der Waals surface area contributed by atoms with E-state index in [1.54, 1.807) is 7.05 Å². The second-order valence-electron chi connectivity index (χ2n) is 16.8. The number of fused-ring (bicyclic) bond motifs is 18. The SMILES string of the molecule is CN1C(=O)c2c(c3c4ccccc4n4c3c3c2c2ccccc2n3CCC(O)C4)C1=O.O=C1NC(=O)c2c1c1c3ccccc3n3c1c1c2c2ccccc2n1CC(O)CC3. The number of rotatable bonds is 0. The minimum Gasteiger partial charge on any atom is -0.391 e. The molecule has 8 heterocycles. The Kier molecular flexibility index (Phi) is 6.76. The van der Waals surface area contributed by atoms with E-state index in [-0.39, 0.29) is 23.6 Å². The van der Waals surface area contributed by atoms with E-state index in [0.717, 1.165) is 87.2 Å². The molecule has 6 aromatic carbocycles. The number of para-hydroxylation sites is 4. The molecule has 12 nitrogen and oxygen atoms in total. The van der Waals surface area contributed by atoms with Crippen LogP contribution in [0.3, 0.4) is 0 Å². The molecule has 4 aromatic heterocycles. The molecule has 4 amide bonds. The number of imide groups is 2. The number of benzene rings is 6. The van der Waals surface area contributed by atoms with Crippen molar-refractivity contribution in [2.75, 3.05) is 7.05 Å². The highest BCUT2D eigenvalue weighted by molar-refractivity contribution is 6.41. The summed E-state index contributed by atoms with van der Waals surface area (Å²) in [5, 5.41) is 31.2. The van der Waals surface area contributed by atoms with Gasteiger partial charge in [-0.3, -0.25) is 29.4 Å². The molecule has 2 unspecified atom stereocenters. The molecule has 4 aliphatic rings. The first kappa shape index (κ1) is 34.6. The van der Waals surface area contributed by atoms with Gasteiger partial charge in [0.25, 0.3) is 23.6 Å². The fourth-order valence-corrected chi connectivity index (χ4v) is 11.3. The molecular formula is C49H36N6O6. The zero-order chi connectivity index (χ0) is 41.2. The number of hydrogen-bond acceptors (Lipinski definition) is 6. The maximum absolute atomic E-state index is 13.3. The molecule has 14 rings (SSSR count). The molecule has 0 saturated heterocycles. The summed E-state index contributed by atoms with van der Waals surface area (Å²) < 4.78 is 8.70. The second kappa shape index (κ2) is 11.9. The Bertz CT molecular complexity index is 3730. The smallest absolute Gasteiger partial charge is 0.262 e. The zero-order valence-corrected chi connectivity index (χ0v) is 32.9. The molecule has 10 aromatic rings. The maximum Gasteiger partial charge on any atom is 0.262 e. The van der Waals surface area contributed by atoms with Gasteiger partial charge < -0.3 is 28.5 Å². The van der Waals surface area contributed by atoms with Gasteiger partial charge >= 0.3 is 0 Å². The number of aliphatic hydroxyl groups excluding tert-OH is 2. The van der Waals surface area contributed by atoms with Crippen molar-refractivity contribution < 1.29 is 29.4 Å². The number of aryl methyl sites for hydroxylation is 2. The quantitative estimate of drug-likeness (QED) is 0.136. The Balaban J connectivity index is 0.000000125. The van der Waals surface area contributed by atoms with Crippen LogP contribution in [0.4, 0.5) is 0 Å². The topological polar surface area (TPSA) is 144 Å². The van der Waals surface area contributed by atoms with Gasteiger partial charge in [0, 0.05) is 98.4 Å². The summed E-state index contributed by atoms with van der Waals surface area (Å²) in [5.74, 6) is -1.19. The van der Waals surface area contributed by atoms with Gasteiger partial charge in [-0.1, -0.05) is 72.8 Å². The lowest BCUT2D eigenvalue weighted by Gasteiger charge is -2.20. The molecule has 0 fully saturated rings. The number of aromatic nitrogens is 4. The third-order valence-corrected chi connectivity index (χ3v) is 13.7. The van der Waals surface area contributed by atoms with Crippen molar-refractivity contribution in [2.24, 2.45) is 0 Å². The van der Waals surface area contributed by atoms with E-state index < -0.39 is 12.2 Å². The van der Waals surface area contributed by atoms with Crippen molar-refractivity contribution in [1.82, 2.24) is 28.5 Å². The molecule has 0 aliphatic carbocycles. The number of aliphatic hydroxyl groups is 2. The Hall–Kier alpha value is -7.28. The lowest BCUT2D eigenvalue weighted by molar-refractivity contribution is 0.0693. The highest BCUT2D eigenvalue weighted by Crippen LogP contribution is 2.48. The molecule has 0 spiro atoms. The van der Waals surface area contributed by atoms with Gasteiger partial charge in [0.2, 0.25) is 0 Å². The van der Waals surface area contributed by atoms with Gasteiger partial charge in [0.05, 0.1) is 56.5 Å². The van der Waals surface area contributed by atoms with Crippen LogP contribution in [0.15, 0.2) is 97.1 Å². The van der Waals surface area contributed by atoms with Crippen LogP contribution in [-0.4, -0.2) is 76.3 Å². The Labute approximate surface area is 345 Å². The van der Waals surface area contributed by atoms with Gasteiger partial charge in [-0.2, -0.15) is 0 Å². The molecule has 0 bridgehead atoms. The van der Waals surface area contributed by atoms with E-state index in [1.807, 2.05) is 91.0 Å². The summed E-state index contributed by atoms with van der Waals surface area (Å²) in [6, 6.07) is 31.9. The van der Waals surface area contributed by atoms with Crippen molar-refractivity contribution in [1.29, 1.82) is 0 Å². The molecule has 4 aliphatic heterocycles. The Morgan fingerprint density at radius 3 is 1.15 bits per heavy atom. The van der Waals surface area contributed by atoms with E-state index >= 15 is 0 Å². The summed E-state index contributed by atoms with van der Waals surface area (Å²) >= 11 is 0. The summed E-state index contributed by atoms with van der Waals surface area (Å²) in [6.07, 6.45) is 0.225. The van der Waals surface area contributed by atoms with Gasteiger partial charge in [0.1, 0.15) is 0 Å². The summed E-state index contributed by atoms with van der Waals surface area (Å²) in [7, 11) is 1.56. The number of amides is 4. The normalized spacial score (nSPS) is 18.6. The van der Waals surface area contributed by atoms with E-state index in [4.69, 9.17) is 0 Å². The standard InChI is InChI=1S/C25H19N3O3.C24H17N3O3/c1-26-24(30)20-18-14-6-2-4-8-16(14)27-11-10-13(29)12-28-17-9-5-3-7-15(17)19(21(20)25(26)31)23(28)22(18)27;28-12-9-10-26-15-7-3-1-5-13(15)17-19-20(24(30)25-23(19)29)18-14-6-2-4-8-16(14)27(11-12)22(18)21(17)26/h2-9,13,29H,10-12H2,1H3;1-8,12,28H,9-11H2,(H,25,29,30). The van der Waals surface area contributed by atoms with Crippen LogP contribution in [0.1, 0.15) is 54.3 Å². The third-order valence-electron chi connectivity index (χ3n) is 13.7. The minimum absolute atomic E-state index is 0.247. The van der Waals surface area contributed by atoms with Crippen LogP contribution >= 0.6 is 0 Å². The van der Waals surface area contributed by atoms with Gasteiger partial charge in [0.15, 0.2) is 0 Å². The summed E-state index contributed by atoms with van der Waals surface area (Å²) in [5.41, 5.74) is 9.70. The molecule has 0 saturated carbocycles. The third kappa shape index (κ3) is 4.25.